The van der Waals surface area contributed by atoms with E-state index in [2.05, 4.69) is 10.6 Å². The van der Waals surface area contributed by atoms with Crippen molar-refractivity contribution in [1.29, 1.82) is 0 Å². The zero-order valence-electron chi connectivity index (χ0n) is 21.7. The summed E-state index contributed by atoms with van der Waals surface area (Å²) in [6.07, 6.45) is -3.02. The molecule has 1 aromatic rings. The molecule has 0 radical (unpaired) electrons. The summed E-state index contributed by atoms with van der Waals surface area (Å²) in [6, 6.07) is 6.65. The van der Waals surface area contributed by atoms with Gasteiger partial charge in [-0.25, -0.2) is 0 Å². The molecule has 2 aliphatic rings. The highest BCUT2D eigenvalue weighted by Gasteiger charge is 2.49. The maximum absolute atomic E-state index is 10.9. The fourth-order valence-electron chi connectivity index (χ4n) is 5.65. The molecule has 0 aromatic heterocycles. The van der Waals surface area contributed by atoms with Crippen LogP contribution in [0.5, 0.6) is 0 Å². The summed E-state index contributed by atoms with van der Waals surface area (Å²) in [6.45, 7) is 7.02. The second-order valence-corrected chi connectivity index (χ2v) is 11.1. The van der Waals surface area contributed by atoms with E-state index < -0.39 is 59.5 Å². The second kappa shape index (κ2) is 12.1. The molecule has 0 saturated carbocycles. The summed E-state index contributed by atoms with van der Waals surface area (Å²) < 4.78 is 11.9. The lowest BCUT2D eigenvalue weighted by atomic mass is 9.78. The molecule has 2 aliphatic heterocycles. The molecule has 1 aromatic carbocycles. The van der Waals surface area contributed by atoms with E-state index in [1.165, 1.54) is 0 Å². The van der Waals surface area contributed by atoms with E-state index in [1.807, 2.05) is 24.3 Å². The maximum atomic E-state index is 10.9. The number of aliphatic hydroxyl groups is 6. The molecule has 0 spiro atoms. The van der Waals surface area contributed by atoms with Gasteiger partial charge in [-0.2, -0.15) is 0 Å². The predicted octanol–water partition coefficient (Wildman–Crippen LogP) is -1.12. The van der Waals surface area contributed by atoms with Gasteiger partial charge in [0.25, 0.3) is 0 Å². The van der Waals surface area contributed by atoms with Gasteiger partial charge in [0.1, 0.15) is 0 Å². The van der Waals surface area contributed by atoms with Crippen LogP contribution < -0.4 is 10.6 Å². The number of benzene rings is 1. The lowest BCUT2D eigenvalue weighted by Gasteiger charge is -2.49. The van der Waals surface area contributed by atoms with Crippen LogP contribution in [0.4, 0.5) is 0 Å². The Kier molecular flexibility index (Phi) is 9.89. The number of hydrogen-bond donors (Lipinski definition) is 8. The van der Waals surface area contributed by atoms with Gasteiger partial charge in [-0.3, -0.25) is 0 Å². The fraction of sp³-hybridized carbons (Fsp3) is 0.769. The first-order valence-electron chi connectivity index (χ1n) is 12.7. The normalized spacial score (nSPS) is 36.1. The summed E-state index contributed by atoms with van der Waals surface area (Å²) >= 11 is 0. The van der Waals surface area contributed by atoms with E-state index in [9.17, 15) is 30.6 Å². The van der Waals surface area contributed by atoms with Crippen molar-refractivity contribution < 1.29 is 40.1 Å². The molecule has 10 nitrogen and oxygen atoms in total. The zero-order chi connectivity index (χ0) is 26.7. The van der Waals surface area contributed by atoms with E-state index >= 15 is 0 Å². The molecule has 206 valence electrons. The quantitative estimate of drug-likeness (QED) is 0.193. The van der Waals surface area contributed by atoms with E-state index in [0.717, 1.165) is 11.1 Å². The highest BCUT2D eigenvalue weighted by molar-refractivity contribution is 5.24. The number of ether oxygens (including phenoxy) is 2. The van der Waals surface area contributed by atoms with Gasteiger partial charge in [-0.05, 0) is 38.8 Å². The van der Waals surface area contributed by atoms with E-state index in [-0.39, 0.29) is 26.4 Å². The molecule has 8 atom stereocenters. The summed E-state index contributed by atoms with van der Waals surface area (Å²) in [5, 5.41) is 67.5. The minimum atomic E-state index is -0.896. The summed E-state index contributed by atoms with van der Waals surface area (Å²) in [5.74, 6) is -0.991. The topological polar surface area (TPSA) is 164 Å². The van der Waals surface area contributed by atoms with E-state index in [0.29, 0.717) is 13.1 Å². The lowest BCUT2D eigenvalue weighted by molar-refractivity contribution is -0.216. The Morgan fingerprint density at radius 1 is 0.694 bits per heavy atom. The van der Waals surface area contributed by atoms with Crippen LogP contribution in [0.1, 0.15) is 38.8 Å². The third-order valence-corrected chi connectivity index (χ3v) is 7.89. The minimum absolute atomic E-state index is 0.231. The first kappa shape index (κ1) is 29.4. The smallest absolute Gasteiger partial charge is 0.0991 e. The third-order valence-electron chi connectivity index (χ3n) is 7.89. The van der Waals surface area contributed by atoms with Crippen LogP contribution in [0.2, 0.25) is 0 Å². The number of aliphatic hydroxyl groups excluding tert-OH is 6. The maximum Gasteiger partial charge on any atom is 0.0991 e. The van der Waals surface area contributed by atoms with Gasteiger partial charge in [-0.15, -0.1) is 0 Å². The van der Waals surface area contributed by atoms with Crippen LogP contribution in [0.3, 0.4) is 0 Å². The Morgan fingerprint density at radius 2 is 1.08 bits per heavy atom. The summed E-state index contributed by atoms with van der Waals surface area (Å²) in [7, 11) is 0. The van der Waals surface area contributed by atoms with Gasteiger partial charge >= 0.3 is 0 Å². The van der Waals surface area contributed by atoms with Crippen LogP contribution in [0.25, 0.3) is 0 Å². The zero-order valence-corrected chi connectivity index (χ0v) is 21.7. The monoisotopic (exact) mass is 512 g/mol. The molecule has 0 amide bonds. The third kappa shape index (κ3) is 6.27. The lowest BCUT2D eigenvalue weighted by Crippen LogP contribution is -2.65. The molecule has 36 heavy (non-hydrogen) atoms. The van der Waals surface area contributed by atoms with Crippen molar-refractivity contribution in [1.82, 2.24) is 10.6 Å². The van der Waals surface area contributed by atoms with Crippen LogP contribution in [-0.4, -0.2) is 105 Å². The number of rotatable bonds is 10. The SMILES string of the molecule is CC1(C)O[C@H](CO)[C@H](NCc2cccc(CN[C@@H]3[C@@H](O)[C@H](CO)C(C)(C)O[C@@H]3CO)c2)[C@@H](O)[C@@H]1CO. The largest absolute Gasteiger partial charge is 0.396 e. The second-order valence-electron chi connectivity index (χ2n) is 11.1. The van der Waals surface area contributed by atoms with Gasteiger partial charge in [0.15, 0.2) is 0 Å². The Bertz CT molecular complexity index is 775. The van der Waals surface area contributed by atoms with E-state index in [1.54, 1.807) is 27.7 Å². The van der Waals surface area contributed by atoms with Crippen molar-refractivity contribution in [2.24, 2.45) is 11.8 Å². The predicted molar refractivity (Wildman–Crippen MR) is 133 cm³/mol. The Morgan fingerprint density at radius 3 is 1.42 bits per heavy atom. The van der Waals surface area contributed by atoms with Crippen LogP contribution >= 0.6 is 0 Å². The standard InChI is InChI=1S/C26H44N2O8/c1-25(2)17(11-29)23(33)21(19(13-31)35-25)27-9-15-6-5-7-16(8-15)10-28-22-20(14-32)36-26(3,4)18(12-30)24(22)34/h5-8,17-24,27-34H,9-14H2,1-4H3/t17-,18-,19+,20+,21-,22-,23-,24-/m0/s1. The highest BCUT2D eigenvalue weighted by Crippen LogP contribution is 2.35. The molecule has 0 aliphatic carbocycles. The van der Waals surface area contributed by atoms with Crippen LogP contribution in [-0.2, 0) is 22.6 Å². The average Bonchev–Trinajstić information content (AvgIpc) is 2.82. The van der Waals surface area contributed by atoms with Gasteiger partial charge in [-0.1, -0.05) is 24.3 Å². The van der Waals surface area contributed by atoms with E-state index in [4.69, 9.17) is 9.47 Å². The van der Waals surface area contributed by atoms with Gasteiger partial charge in [0.05, 0.1) is 74.1 Å². The molecular formula is C26H44N2O8. The average molecular weight is 513 g/mol. The molecule has 3 rings (SSSR count). The highest BCUT2D eigenvalue weighted by atomic mass is 16.5. The molecule has 0 unspecified atom stereocenters. The van der Waals surface area contributed by atoms with Crippen molar-refractivity contribution in [2.45, 2.75) is 88.5 Å². The van der Waals surface area contributed by atoms with Crippen molar-refractivity contribution in [2.75, 3.05) is 26.4 Å². The van der Waals surface area contributed by atoms with Gasteiger partial charge in [0, 0.05) is 24.9 Å². The molecule has 2 fully saturated rings. The molecule has 8 N–H and O–H groups in total. The van der Waals surface area contributed by atoms with Crippen molar-refractivity contribution >= 4 is 0 Å². The van der Waals surface area contributed by atoms with Gasteiger partial charge < -0.3 is 50.7 Å². The van der Waals surface area contributed by atoms with Crippen LogP contribution in [0.15, 0.2) is 24.3 Å². The Labute approximate surface area is 213 Å². The molecule has 2 heterocycles. The minimum Gasteiger partial charge on any atom is -0.396 e. The molecule has 0 bridgehead atoms. The van der Waals surface area contributed by atoms with Crippen molar-refractivity contribution in [3.8, 4) is 0 Å². The molecular weight excluding hydrogens is 468 g/mol. The Balaban J connectivity index is 1.64. The fourth-order valence-corrected chi connectivity index (χ4v) is 5.65. The van der Waals surface area contributed by atoms with Crippen molar-refractivity contribution in [3.05, 3.63) is 35.4 Å². The number of hydrogen-bond acceptors (Lipinski definition) is 10. The summed E-state index contributed by atoms with van der Waals surface area (Å²) in [5.41, 5.74) is 0.347. The first-order valence-corrected chi connectivity index (χ1v) is 12.7. The first-order chi connectivity index (χ1) is 17.0. The summed E-state index contributed by atoms with van der Waals surface area (Å²) in [4.78, 5) is 0. The Hall–Kier alpha value is -1.18. The van der Waals surface area contributed by atoms with Crippen molar-refractivity contribution in [3.63, 3.8) is 0 Å². The van der Waals surface area contributed by atoms with Crippen LogP contribution in [0, 0.1) is 11.8 Å². The number of nitrogens with one attached hydrogen (secondary N) is 2. The molecule has 2 saturated heterocycles. The van der Waals surface area contributed by atoms with Gasteiger partial charge in [0.2, 0.25) is 0 Å². The molecule has 10 heteroatoms.